The molecule has 0 aliphatic heterocycles. The van der Waals surface area contributed by atoms with Crippen LogP contribution in [0.1, 0.15) is 232 Å². The molecular formula is C46H90NO9P. The number of carbonyl (C=O) groups is 2. The fraction of sp³-hybridized carbons (Fsp3) is 0.913. The number of carboxylic acids is 1. The smallest absolute Gasteiger partial charge is 0.472 e. The second kappa shape index (κ2) is 42.8. The van der Waals surface area contributed by atoms with Crippen LogP contribution in [0, 0.1) is 0 Å². The van der Waals surface area contributed by atoms with Gasteiger partial charge in [0, 0.05) is 13.0 Å². The third kappa shape index (κ3) is 42.6. The first-order valence-corrected chi connectivity index (χ1v) is 25.2. The van der Waals surface area contributed by atoms with E-state index in [2.05, 4.69) is 26.0 Å². The zero-order chi connectivity index (χ0) is 41.9. The number of phosphoric acid groups is 1. The van der Waals surface area contributed by atoms with Crippen molar-refractivity contribution in [2.75, 3.05) is 26.4 Å². The maximum Gasteiger partial charge on any atom is 0.472 e. The molecule has 0 spiro atoms. The van der Waals surface area contributed by atoms with Crippen LogP contribution >= 0.6 is 7.82 Å². The summed E-state index contributed by atoms with van der Waals surface area (Å²) in [4.78, 5) is 33.6. The zero-order valence-corrected chi connectivity index (χ0v) is 37.9. The molecule has 3 atom stereocenters. The number of carbonyl (C=O) groups excluding carboxylic acids is 1. The molecule has 0 amide bonds. The van der Waals surface area contributed by atoms with Gasteiger partial charge in [-0.05, 0) is 38.5 Å². The first-order valence-electron chi connectivity index (χ1n) is 23.7. The Kier molecular flexibility index (Phi) is 41.9. The van der Waals surface area contributed by atoms with Gasteiger partial charge in [0.1, 0.15) is 12.1 Å². The molecule has 0 aliphatic carbocycles. The average Bonchev–Trinajstić information content (AvgIpc) is 3.19. The van der Waals surface area contributed by atoms with Crippen molar-refractivity contribution in [2.45, 2.75) is 244 Å². The summed E-state index contributed by atoms with van der Waals surface area (Å²) >= 11 is 0. The minimum Gasteiger partial charge on any atom is -0.480 e. The van der Waals surface area contributed by atoms with Crippen molar-refractivity contribution >= 4 is 19.8 Å². The lowest BCUT2D eigenvalue weighted by atomic mass is 10.0. The molecule has 0 aliphatic rings. The van der Waals surface area contributed by atoms with E-state index in [0.717, 1.165) is 38.5 Å². The van der Waals surface area contributed by atoms with Crippen molar-refractivity contribution < 1.29 is 42.7 Å². The number of unbranched alkanes of at least 4 members (excludes halogenated alkanes) is 30. The highest BCUT2D eigenvalue weighted by Crippen LogP contribution is 2.43. The fourth-order valence-electron chi connectivity index (χ4n) is 6.84. The molecule has 0 aromatic rings. The monoisotopic (exact) mass is 832 g/mol. The number of phosphoric ester groups is 1. The van der Waals surface area contributed by atoms with E-state index >= 15 is 0 Å². The largest absolute Gasteiger partial charge is 0.480 e. The molecule has 10 nitrogen and oxygen atoms in total. The van der Waals surface area contributed by atoms with E-state index in [4.69, 9.17) is 29.4 Å². The van der Waals surface area contributed by atoms with E-state index in [1.54, 1.807) is 0 Å². The molecular weight excluding hydrogens is 741 g/mol. The number of ether oxygens (including phenoxy) is 2. The van der Waals surface area contributed by atoms with Crippen molar-refractivity contribution in [2.24, 2.45) is 5.73 Å². The summed E-state index contributed by atoms with van der Waals surface area (Å²) in [5, 5.41) is 8.91. The molecule has 0 heterocycles. The normalized spacial score (nSPS) is 13.9. The Morgan fingerprint density at radius 3 is 1.33 bits per heavy atom. The predicted molar refractivity (Wildman–Crippen MR) is 236 cm³/mol. The Morgan fingerprint density at radius 1 is 0.544 bits per heavy atom. The van der Waals surface area contributed by atoms with E-state index in [0.29, 0.717) is 6.61 Å². The van der Waals surface area contributed by atoms with E-state index in [9.17, 15) is 19.0 Å². The summed E-state index contributed by atoms with van der Waals surface area (Å²) in [6.45, 7) is 3.92. The van der Waals surface area contributed by atoms with Crippen molar-refractivity contribution in [3.8, 4) is 0 Å². The van der Waals surface area contributed by atoms with Gasteiger partial charge in [-0.15, -0.1) is 0 Å². The summed E-state index contributed by atoms with van der Waals surface area (Å²) in [6.07, 6.45) is 45.4. The molecule has 0 aromatic heterocycles. The van der Waals surface area contributed by atoms with Gasteiger partial charge >= 0.3 is 19.8 Å². The maximum atomic E-state index is 12.7. The number of aliphatic carboxylic acids is 1. The van der Waals surface area contributed by atoms with Gasteiger partial charge in [0.05, 0.1) is 19.8 Å². The van der Waals surface area contributed by atoms with Gasteiger partial charge in [-0.1, -0.05) is 199 Å². The lowest BCUT2D eigenvalue weighted by Gasteiger charge is -2.20. The van der Waals surface area contributed by atoms with Gasteiger partial charge in [-0.3, -0.25) is 18.6 Å². The van der Waals surface area contributed by atoms with Crippen molar-refractivity contribution in [3.05, 3.63) is 12.2 Å². The van der Waals surface area contributed by atoms with Gasteiger partial charge in [-0.2, -0.15) is 0 Å². The van der Waals surface area contributed by atoms with Crippen LogP contribution in [0.4, 0.5) is 0 Å². The summed E-state index contributed by atoms with van der Waals surface area (Å²) in [6, 6.07) is -1.47. The Labute approximate surface area is 350 Å². The highest BCUT2D eigenvalue weighted by molar-refractivity contribution is 7.47. The number of allylic oxidation sites excluding steroid dienone is 2. The quantitative estimate of drug-likeness (QED) is 0.0234. The van der Waals surface area contributed by atoms with Crippen LogP contribution in [-0.2, 0) is 32.7 Å². The number of hydrogen-bond acceptors (Lipinski definition) is 8. The molecule has 338 valence electrons. The van der Waals surface area contributed by atoms with Gasteiger partial charge in [0.2, 0.25) is 0 Å². The number of hydrogen-bond donors (Lipinski definition) is 3. The highest BCUT2D eigenvalue weighted by Gasteiger charge is 2.27. The SMILES string of the molecule is CCCCCCCCC/C=C\CCCCCCCCCCOCC(COP(=O)(O)OCC(N)C(=O)O)OC(=O)CCCCCCCCCCCCCCCCCC. The Hall–Kier alpha value is -1.29. The third-order valence-electron chi connectivity index (χ3n) is 10.5. The minimum atomic E-state index is -4.61. The second-order valence-corrected chi connectivity index (χ2v) is 17.7. The first-order chi connectivity index (χ1) is 27.7. The molecule has 3 unspecified atom stereocenters. The van der Waals surface area contributed by atoms with Gasteiger partial charge in [0.15, 0.2) is 0 Å². The lowest BCUT2D eigenvalue weighted by molar-refractivity contribution is -0.154. The van der Waals surface area contributed by atoms with E-state index in [1.807, 2.05) is 0 Å². The molecule has 0 saturated heterocycles. The fourth-order valence-corrected chi connectivity index (χ4v) is 7.61. The summed E-state index contributed by atoms with van der Waals surface area (Å²) in [5.41, 5.74) is 5.36. The summed E-state index contributed by atoms with van der Waals surface area (Å²) in [7, 11) is -4.61. The Balaban J connectivity index is 4.15. The number of rotatable bonds is 46. The van der Waals surface area contributed by atoms with E-state index in [-0.39, 0.29) is 13.0 Å². The van der Waals surface area contributed by atoms with Crippen LogP contribution in [0.2, 0.25) is 0 Å². The van der Waals surface area contributed by atoms with Gasteiger partial charge < -0.3 is 25.2 Å². The molecule has 0 saturated carbocycles. The van der Waals surface area contributed by atoms with Crippen LogP contribution in [0.3, 0.4) is 0 Å². The van der Waals surface area contributed by atoms with Gasteiger partial charge in [0.25, 0.3) is 0 Å². The highest BCUT2D eigenvalue weighted by atomic mass is 31.2. The molecule has 0 fully saturated rings. The molecule has 57 heavy (non-hydrogen) atoms. The lowest BCUT2D eigenvalue weighted by Crippen LogP contribution is -2.34. The van der Waals surface area contributed by atoms with Gasteiger partial charge in [-0.25, -0.2) is 4.57 Å². The number of carboxylic acid groups (broad SMARTS) is 1. The van der Waals surface area contributed by atoms with Crippen molar-refractivity contribution in [1.82, 2.24) is 0 Å². The topological polar surface area (TPSA) is 155 Å². The van der Waals surface area contributed by atoms with Crippen molar-refractivity contribution in [1.29, 1.82) is 0 Å². The summed E-state index contributed by atoms with van der Waals surface area (Å²) in [5.74, 6) is -1.77. The second-order valence-electron chi connectivity index (χ2n) is 16.2. The van der Waals surface area contributed by atoms with Crippen LogP contribution in [0.25, 0.3) is 0 Å². The predicted octanol–water partition coefficient (Wildman–Crippen LogP) is 13.3. The molecule has 0 rings (SSSR count). The van der Waals surface area contributed by atoms with Crippen molar-refractivity contribution in [3.63, 3.8) is 0 Å². The van der Waals surface area contributed by atoms with Crippen LogP contribution in [0.5, 0.6) is 0 Å². The number of esters is 1. The third-order valence-corrected chi connectivity index (χ3v) is 11.5. The van der Waals surface area contributed by atoms with E-state index in [1.165, 1.54) is 173 Å². The Bertz CT molecular complexity index is 966. The zero-order valence-electron chi connectivity index (χ0n) is 37.0. The number of nitrogens with two attached hydrogens (primary N) is 1. The molecule has 4 N–H and O–H groups in total. The maximum absolute atomic E-state index is 12.7. The minimum absolute atomic E-state index is 0.0207. The van der Waals surface area contributed by atoms with Crippen LogP contribution in [0.15, 0.2) is 12.2 Å². The van der Waals surface area contributed by atoms with Crippen LogP contribution in [-0.4, -0.2) is 60.5 Å². The molecule has 0 aromatic carbocycles. The standard InChI is InChI=1S/C46H90NO9P/c1-3-5-7-9-11-13-15-17-19-21-22-23-25-27-29-31-33-35-37-39-53-40-43(41-54-57(51,52)55-42-44(47)46(49)50)56-45(48)38-36-34-32-30-28-26-24-20-18-16-14-12-10-8-6-4-2/h19,21,43-44H,3-18,20,22-42,47H2,1-2H3,(H,49,50)(H,51,52)/b21-19-. The molecule has 0 radical (unpaired) electrons. The summed E-state index contributed by atoms with van der Waals surface area (Å²) < 4.78 is 33.4. The molecule has 11 heteroatoms. The van der Waals surface area contributed by atoms with E-state index < -0.39 is 45.1 Å². The molecule has 0 bridgehead atoms. The first kappa shape index (κ1) is 55.7. The average molecular weight is 832 g/mol. The van der Waals surface area contributed by atoms with Crippen LogP contribution < -0.4 is 5.73 Å². The Morgan fingerprint density at radius 2 is 0.912 bits per heavy atom.